The molecule has 1 N–H and O–H groups in total. The predicted octanol–water partition coefficient (Wildman–Crippen LogP) is 5.90. The van der Waals surface area contributed by atoms with Crippen molar-refractivity contribution in [3.05, 3.63) is 81.0 Å². The van der Waals surface area contributed by atoms with Crippen LogP contribution < -0.4 is 5.32 Å². The molecule has 2 aliphatic rings. The smallest absolute Gasteiger partial charge is 0.227 e. The summed E-state index contributed by atoms with van der Waals surface area (Å²) in [6.07, 6.45) is 2.19. The number of carbonyl (C=O) groups is 1. The molecule has 1 unspecified atom stereocenters. The van der Waals surface area contributed by atoms with E-state index < -0.39 is 0 Å². The molecule has 1 aliphatic heterocycles. The van der Waals surface area contributed by atoms with Gasteiger partial charge in [-0.1, -0.05) is 71.4 Å². The lowest BCUT2D eigenvalue weighted by atomic mass is 9.85. The number of halogens is 2. The maximum absolute atomic E-state index is 12.9. The largest absolute Gasteiger partial charge is 0.328 e. The highest BCUT2D eigenvalue weighted by Gasteiger charge is 2.37. The van der Waals surface area contributed by atoms with Crippen molar-refractivity contribution >= 4 is 46.7 Å². The molecule has 0 saturated heterocycles. The number of Topliss-reactive ketones (excluding diaryl/α,β-unsaturated/α-hetero) is 1. The van der Waals surface area contributed by atoms with E-state index in [2.05, 4.69) is 17.4 Å². The Balaban J connectivity index is 1.54. The number of hydrogen-bond acceptors (Lipinski definition) is 5. The number of allylic oxidation sites excluding steroid dienone is 2. The number of rotatable bonds is 4. The third kappa shape index (κ3) is 3.64. The Morgan fingerprint density at radius 2 is 1.93 bits per heavy atom. The van der Waals surface area contributed by atoms with E-state index >= 15 is 0 Å². The number of fused-ring (bicyclic) bond motifs is 1. The highest BCUT2D eigenvalue weighted by Crippen LogP contribution is 2.41. The summed E-state index contributed by atoms with van der Waals surface area (Å²) in [6, 6.07) is 15.3. The minimum absolute atomic E-state index is 0.138. The average Bonchev–Trinajstić information content (AvgIpc) is 3.16. The van der Waals surface area contributed by atoms with Crippen molar-refractivity contribution in [1.29, 1.82) is 0 Å². The van der Waals surface area contributed by atoms with Gasteiger partial charge in [0.25, 0.3) is 0 Å². The summed E-state index contributed by atoms with van der Waals surface area (Å²) in [5, 5.41) is 9.70. The average molecular weight is 457 g/mol. The fraction of sp³-hybridized carbons (Fsp3) is 0.227. The van der Waals surface area contributed by atoms with Crippen LogP contribution in [-0.2, 0) is 10.5 Å². The van der Waals surface area contributed by atoms with E-state index in [1.54, 1.807) is 22.5 Å². The van der Waals surface area contributed by atoms with Gasteiger partial charge in [0, 0.05) is 23.4 Å². The van der Waals surface area contributed by atoms with Crippen LogP contribution in [0, 0.1) is 0 Å². The van der Waals surface area contributed by atoms with Crippen LogP contribution in [0.1, 0.15) is 36.4 Å². The fourth-order valence-corrected chi connectivity index (χ4v) is 5.00. The number of carbonyl (C=O) groups excluding carboxylic acids is 1. The summed E-state index contributed by atoms with van der Waals surface area (Å²) in [6.45, 7) is 0. The quantitative estimate of drug-likeness (QED) is 0.495. The Bertz CT molecular complexity index is 1160. The maximum atomic E-state index is 12.9. The van der Waals surface area contributed by atoms with Crippen LogP contribution in [0.25, 0.3) is 0 Å². The SMILES string of the molecule is O=C1CCCC2=C1C(c1ccc(Cl)c(Cl)c1)n1nc(SCc3ccccc3)nc1N2. The standard InChI is InChI=1S/C22H18Cl2N4OS/c23-15-10-9-14(11-16(15)24)20-19-17(7-4-8-18(19)29)25-21-26-22(27-28(20)21)30-12-13-5-2-1-3-6-13/h1-3,5-6,9-11,20H,4,7-8,12H2,(H,25,26,27). The third-order valence-corrected chi connectivity index (χ3v) is 6.97. The van der Waals surface area contributed by atoms with Gasteiger partial charge < -0.3 is 5.32 Å². The van der Waals surface area contributed by atoms with Crippen molar-refractivity contribution in [3.63, 3.8) is 0 Å². The summed E-state index contributed by atoms with van der Waals surface area (Å²) in [5.41, 5.74) is 3.76. The number of anilines is 1. The number of nitrogens with zero attached hydrogens (tertiary/aromatic N) is 3. The lowest BCUT2D eigenvalue weighted by Gasteiger charge is -2.32. The molecule has 3 aromatic rings. The Hall–Kier alpha value is -2.28. The van der Waals surface area contributed by atoms with Gasteiger partial charge in [0.2, 0.25) is 11.1 Å². The molecule has 0 amide bonds. The first-order chi connectivity index (χ1) is 14.6. The van der Waals surface area contributed by atoms with Crippen LogP contribution in [0.4, 0.5) is 5.95 Å². The van der Waals surface area contributed by atoms with E-state index in [9.17, 15) is 4.79 Å². The second kappa shape index (κ2) is 8.10. The highest BCUT2D eigenvalue weighted by molar-refractivity contribution is 7.98. The molecule has 0 fully saturated rings. The van der Waals surface area contributed by atoms with E-state index in [4.69, 9.17) is 33.3 Å². The molecule has 30 heavy (non-hydrogen) atoms. The van der Waals surface area contributed by atoms with Gasteiger partial charge in [-0.3, -0.25) is 4.79 Å². The second-order valence-electron chi connectivity index (χ2n) is 7.31. The number of hydrogen-bond donors (Lipinski definition) is 1. The summed E-state index contributed by atoms with van der Waals surface area (Å²) >= 11 is 14.0. The highest BCUT2D eigenvalue weighted by atomic mass is 35.5. The molecule has 2 aromatic carbocycles. The monoisotopic (exact) mass is 456 g/mol. The summed E-state index contributed by atoms with van der Waals surface area (Å²) in [7, 11) is 0. The van der Waals surface area contributed by atoms with E-state index in [1.807, 2.05) is 30.3 Å². The van der Waals surface area contributed by atoms with Gasteiger partial charge in [-0.05, 0) is 36.1 Å². The van der Waals surface area contributed by atoms with Crippen molar-refractivity contribution in [2.24, 2.45) is 0 Å². The van der Waals surface area contributed by atoms with Gasteiger partial charge in [-0.15, -0.1) is 5.10 Å². The van der Waals surface area contributed by atoms with Gasteiger partial charge in [-0.2, -0.15) is 4.98 Å². The first kappa shape index (κ1) is 19.7. The molecule has 2 heterocycles. The zero-order valence-electron chi connectivity index (χ0n) is 15.9. The Labute approximate surface area is 188 Å². The zero-order chi connectivity index (χ0) is 20.7. The first-order valence-corrected chi connectivity index (χ1v) is 11.5. The van der Waals surface area contributed by atoms with Crippen molar-refractivity contribution in [2.45, 2.75) is 36.2 Å². The second-order valence-corrected chi connectivity index (χ2v) is 9.06. The summed E-state index contributed by atoms with van der Waals surface area (Å²) < 4.78 is 1.80. The van der Waals surface area contributed by atoms with Crippen LogP contribution in [0.5, 0.6) is 0 Å². The van der Waals surface area contributed by atoms with Crippen LogP contribution in [0.15, 0.2) is 65.0 Å². The van der Waals surface area contributed by atoms with Gasteiger partial charge in [0.15, 0.2) is 5.78 Å². The molecule has 1 aromatic heterocycles. The van der Waals surface area contributed by atoms with Gasteiger partial charge in [0.1, 0.15) is 6.04 Å². The fourth-order valence-electron chi connectivity index (χ4n) is 3.91. The summed E-state index contributed by atoms with van der Waals surface area (Å²) in [4.78, 5) is 17.6. The topological polar surface area (TPSA) is 59.8 Å². The Kier molecular flexibility index (Phi) is 5.31. The predicted molar refractivity (Wildman–Crippen MR) is 120 cm³/mol. The van der Waals surface area contributed by atoms with Crippen LogP contribution in [-0.4, -0.2) is 20.5 Å². The molecular weight excluding hydrogens is 439 g/mol. The van der Waals surface area contributed by atoms with Gasteiger partial charge >= 0.3 is 0 Å². The number of thioether (sulfide) groups is 1. The molecule has 0 saturated carbocycles. The van der Waals surface area contributed by atoms with E-state index in [1.165, 1.54) is 5.56 Å². The maximum Gasteiger partial charge on any atom is 0.227 e. The van der Waals surface area contributed by atoms with Gasteiger partial charge in [0.05, 0.1) is 10.0 Å². The molecule has 5 rings (SSSR count). The van der Waals surface area contributed by atoms with E-state index in [0.717, 1.165) is 35.4 Å². The summed E-state index contributed by atoms with van der Waals surface area (Å²) in [5.74, 6) is 1.56. The number of nitrogens with one attached hydrogen (secondary N) is 1. The van der Waals surface area contributed by atoms with Crippen LogP contribution in [0.2, 0.25) is 10.0 Å². The molecular formula is C22H18Cl2N4OS. The molecule has 5 nitrogen and oxygen atoms in total. The van der Waals surface area contributed by atoms with Crippen molar-refractivity contribution in [2.75, 3.05) is 5.32 Å². The third-order valence-electron chi connectivity index (χ3n) is 5.32. The number of aromatic nitrogens is 3. The van der Waals surface area contributed by atoms with E-state index in [0.29, 0.717) is 27.6 Å². The van der Waals surface area contributed by atoms with E-state index in [-0.39, 0.29) is 11.8 Å². The lowest BCUT2D eigenvalue weighted by Crippen LogP contribution is -2.31. The van der Waals surface area contributed by atoms with Crippen LogP contribution >= 0.6 is 35.0 Å². The normalized spacial score (nSPS) is 18.1. The number of ketones is 1. The van der Waals surface area contributed by atoms with Gasteiger partial charge in [-0.25, -0.2) is 4.68 Å². The first-order valence-electron chi connectivity index (χ1n) is 9.71. The molecule has 152 valence electrons. The molecule has 0 radical (unpaired) electrons. The Morgan fingerprint density at radius 3 is 2.73 bits per heavy atom. The van der Waals surface area contributed by atoms with Crippen molar-refractivity contribution in [1.82, 2.24) is 14.8 Å². The minimum atomic E-state index is -0.364. The lowest BCUT2D eigenvalue weighted by molar-refractivity contribution is -0.116. The minimum Gasteiger partial charge on any atom is -0.328 e. The van der Waals surface area contributed by atoms with Crippen molar-refractivity contribution in [3.8, 4) is 0 Å². The number of benzene rings is 2. The molecule has 0 bridgehead atoms. The molecule has 8 heteroatoms. The van der Waals surface area contributed by atoms with Crippen molar-refractivity contribution < 1.29 is 4.79 Å². The molecule has 1 atom stereocenters. The molecule has 1 aliphatic carbocycles. The molecule has 0 spiro atoms. The Morgan fingerprint density at radius 1 is 1.10 bits per heavy atom. The van der Waals surface area contributed by atoms with Crippen LogP contribution in [0.3, 0.4) is 0 Å². The zero-order valence-corrected chi connectivity index (χ0v) is 18.3.